The standard InChI is InChI=1S/C9H9BrClNO/c1-6(11)9(13)12-8-4-2-7(10)3-5-8/h2-6H,1H3,(H,12,13). The Morgan fingerprint density at radius 1 is 1.46 bits per heavy atom. The molecule has 0 aromatic heterocycles. The van der Waals surface area contributed by atoms with Gasteiger partial charge >= 0.3 is 0 Å². The summed E-state index contributed by atoms with van der Waals surface area (Å²) in [7, 11) is 0. The van der Waals surface area contributed by atoms with Gasteiger partial charge in [0.2, 0.25) is 5.91 Å². The molecule has 2 nitrogen and oxygen atoms in total. The highest BCUT2D eigenvalue weighted by Gasteiger charge is 2.08. The molecule has 0 fully saturated rings. The van der Waals surface area contributed by atoms with Gasteiger partial charge in [0.05, 0.1) is 0 Å². The maximum atomic E-state index is 11.1. The SMILES string of the molecule is CC(Cl)C(=O)Nc1ccc(Br)cc1. The third kappa shape index (κ3) is 3.36. The molecule has 0 spiro atoms. The molecule has 1 amide bonds. The summed E-state index contributed by atoms with van der Waals surface area (Å²) in [4.78, 5) is 11.1. The van der Waals surface area contributed by atoms with Gasteiger partial charge in [-0.2, -0.15) is 0 Å². The normalized spacial score (nSPS) is 12.2. The third-order valence-corrected chi connectivity index (χ3v) is 2.20. The van der Waals surface area contributed by atoms with Gasteiger partial charge < -0.3 is 5.32 Å². The maximum absolute atomic E-state index is 11.1. The summed E-state index contributed by atoms with van der Waals surface area (Å²) < 4.78 is 0.976. The van der Waals surface area contributed by atoms with Gasteiger partial charge in [0.1, 0.15) is 5.38 Å². The van der Waals surface area contributed by atoms with E-state index < -0.39 is 5.38 Å². The zero-order chi connectivity index (χ0) is 9.84. The maximum Gasteiger partial charge on any atom is 0.242 e. The van der Waals surface area contributed by atoms with E-state index in [2.05, 4.69) is 21.2 Å². The molecule has 1 unspecified atom stereocenters. The number of hydrogen-bond acceptors (Lipinski definition) is 1. The number of amides is 1. The Labute approximate surface area is 90.4 Å². The van der Waals surface area contributed by atoms with Crippen LogP contribution in [0.15, 0.2) is 28.7 Å². The lowest BCUT2D eigenvalue weighted by molar-refractivity contribution is -0.115. The first-order valence-electron chi connectivity index (χ1n) is 3.80. The van der Waals surface area contributed by atoms with Gasteiger partial charge in [0.15, 0.2) is 0 Å². The minimum atomic E-state index is -0.511. The number of benzene rings is 1. The van der Waals surface area contributed by atoms with Crippen molar-refractivity contribution in [1.29, 1.82) is 0 Å². The van der Waals surface area contributed by atoms with Gasteiger partial charge in [-0.15, -0.1) is 11.6 Å². The van der Waals surface area contributed by atoms with Gasteiger partial charge in [0, 0.05) is 10.2 Å². The van der Waals surface area contributed by atoms with Crippen LogP contribution in [0, 0.1) is 0 Å². The van der Waals surface area contributed by atoms with Crippen molar-refractivity contribution in [2.24, 2.45) is 0 Å². The molecule has 0 heterocycles. The Kier molecular flexibility index (Phi) is 3.75. The van der Waals surface area contributed by atoms with Crippen LogP contribution in [0.3, 0.4) is 0 Å². The fourth-order valence-corrected chi connectivity index (χ4v) is 1.09. The highest BCUT2D eigenvalue weighted by Crippen LogP contribution is 2.14. The summed E-state index contributed by atoms with van der Waals surface area (Å²) in [5, 5.41) is 2.17. The molecule has 0 aliphatic carbocycles. The molecule has 0 saturated heterocycles. The molecule has 0 saturated carbocycles. The van der Waals surface area contributed by atoms with E-state index in [9.17, 15) is 4.79 Å². The molecule has 0 aliphatic heterocycles. The molecule has 1 aromatic rings. The van der Waals surface area contributed by atoms with Crippen LogP contribution in [0.25, 0.3) is 0 Å². The summed E-state index contributed by atoms with van der Waals surface area (Å²) in [6.45, 7) is 1.63. The number of carbonyl (C=O) groups excluding carboxylic acids is 1. The Balaban J connectivity index is 2.65. The highest BCUT2D eigenvalue weighted by atomic mass is 79.9. The van der Waals surface area contributed by atoms with Gasteiger partial charge in [-0.05, 0) is 31.2 Å². The minimum Gasteiger partial charge on any atom is -0.325 e. The average molecular weight is 263 g/mol. The molecule has 1 rings (SSSR count). The second kappa shape index (κ2) is 4.63. The molecule has 0 bridgehead atoms. The van der Waals surface area contributed by atoms with Crippen molar-refractivity contribution >= 4 is 39.1 Å². The number of rotatable bonds is 2. The quantitative estimate of drug-likeness (QED) is 0.816. The van der Waals surface area contributed by atoms with E-state index in [4.69, 9.17) is 11.6 Å². The van der Waals surface area contributed by atoms with E-state index in [1.165, 1.54) is 0 Å². The molecule has 4 heteroatoms. The number of nitrogens with one attached hydrogen (secondary N) is 1. The van der Waals surface area contributed by atoms with Crippen LogP contribution in [0.2, 0.25) is 0 Å². The molecule has 0 aliphatic rings. The van der Waals surface area contributed by atoms with Crippen molar-refractivity contribution in [1.82, 2.24) is 0 Å². The largest absolute Gasteiger partial charge is 0.325 e. The topological polar surface area (TPSA) is 29.1 Å². The van der Waals surface area contributed by atoms with Gasteiger partial charge in [-0.1, -0.05) is 15.9 Å². The van der Waals surface area contributed by atoms with E-state index in [0.717, 1.165) is 10.2 Å². The lowest BCUT2D eigenvalue weighted by Crippen LogP contribution is -2.20. The molecule has 70 valence electrons. The number of halogens is 2. The number of hydrogen-bond donors (Lipinski definition) is 1. The van der Waals surface area contributed by atoms with Crippen molar-refractivity contribution in [2.45, 2.75) is 12.3 Å². The summed E-state index contributed by atoms with van der Waals surface area (Å²) in [5.74, 6) is -0.191. The second-order valence-corrected chi connectivity index (χ2v) is 4.18. The Morgan fingerprint density at radius 3 is 2.46 bits per heavy atom. The van der Waals surface area contributed by atoms with Crippen LogP contribution >= 0.6 is 27.5 Å². The number of anilines is 1. The van der Waals surface area contributed by atoms with Crippen molar-refractivity contribution in [3.05, 3.63) is 28.7 Å². The molecule has 0 radical (unpaired) electrons. The summed E-state index contributed by atoms with van der Waals surface area (Å²) in [5.41, 5.74) is 0.751. The molecule has 13 heavy (non-hydrogen) atoms. The molecule has 1 aromatic carbocycles. The van der Waals surface area contributed by atoms with Crippen molar-refractivity contribution < 1.29 is 4.79 Å². The summed E-state index contributed by atoms with van der Waals surface area (Å²) >= 11 is 8.89. The average Bonchev–Trinajstić information content (AvgIpc) is 2.08. The zero-order valence-electron chi connectivity index (χ0n) is 7.05. The predicted molar refractivity (Wildman–Crippen MR) is 58.1 cm³/mol. The van der Waals surface area contributed by atoms with Crippen LogP contribution in [0.1, 0.15) is 6.92 Å². The van der Waals surface area contributed by atoms with Gasteiger partial charge in [0.25, 0.3) is 0 Å². The second-order valence-electron chi connectivity index (χ2n) is 2.61. The lowest BCUT2D eigenvalue weighted by atomic mass is 10.3. The van der Waals surface area contributed by atoms with Crippen molar-refractivity contribution in [2.75, 3.05) is 5.32 Å². The van der Waals surface area contributed by atoms with Gasteiger partial charge in [-0.3, -0.25) is 4.79 Å². The molecular formula is C9H9BrClNO. The van der Waals surface area contributed by atoms with Crippen LogP contribution in [-0.4, -0.2) is 11.3 Å². The van der Waals surface area contributed by atoms with E-state index in [1.807, 2.05) is 12.1 Å². The lowest BCUT2D eigenvalue weighted by Gasteiger charge is -2.05. The first-order valence-corrected chi connectivity index (χ1v) is 5.03. The van der Waals surface area contributed by atoms with Crippen LogP contribution in [0.4, 0.5) is 5.69 Å². The Morgan fingerprint density at radius 2 is 2.00 bits per heavy atom. The molecular weight excluding hydrogens is 253 g/mol. The summed E-state index contributed by atoms with van der Waals surface area (Å²) in [6.07, 6.45) is 0. The number of alkyl halides is 1. The molecule has 1 atom stereocenters. The molecule has 1 N–H and O–H groups in total. The predicted octanol–water partition coefficient (Wildman–Crippen LogP) is 3.01. The Bertz CT molecular complexity index is 297. The smallest absolute Gasteiger partial charge is 0.242 e. The highest BCUT2D eigenvalue weighted by molar-refractivity contribution is 9.10. The van der Waals surface area contributed by atoms with E-state index >= 15 is 0 Å². The van der Waals surface area contributed by atoms with Gasteiger partial charge in [-0.25, -0.2) is 0 Å². The zero-order valence-corrected chi connectivity index (χ0v) is 9.39. The van der Waals surface area contributed by atoms with E-state index in [-0.39, 0.29) is 5.91 Å². The van der Waals surface area contributed by atoms with E-state index in [1.54, 1.807) is 19.1 Å². The van der Waals surface area contributed by atoms with Crippen LogP contribution in [-0.2, 0) is 4.79 Å². The fraction of sp³-hybridized carbons (Fsp3) is 0.222. The Hall–Kier alpha value is -0.540. The summed E-state index contributed by atoms with van der Waals surface area (Å²) in [6, 6.07) is 7.32. The monoisotopic (exact) mass is 261 g/mol. The van der Waals surface area contributed by atoms with Crippen molar-refractivity contribution in [3.8, 4) is 0 Å². The minimum absolute atomic E-state index is 0.191. The van der Waals surface area contributed by atoms with E-state index in [0.29, 0.717) is 0 Å². The number of carbonyl (C=O) groups is 1. The third-order valence-electron chi connectivity index (χ3n) is 1.47. The van der Waals surface area contributed by atoms with Crippen LogP contribution in [0.5, 0.6) is 0 Å². The van der Waals surface area contributed by atoms with Crippen LogP contribution < -0.4 is 5.32 Å². The van der Waals surface area contributed by atoms with Crippen molar-refractivity contribution in [3.63, 3.8) is 0 Å². The first-order chi connectivity index (χ1) is 6.09. The first kappa shape index (κ1) is 10.5. The fourth-order valence-electron chi connectivity index (χ4n) is 0.775.